The lowest BCUT2D eigenvalue weighted by Crippen LogP contribution is -2.37. The number of alkyl halides is 2. The largest absolute Gasteiger partial charge is 0.370 e. The van der Waals surface area contributed by atoms with E-state index in [0.717, 1.165) is 12.0 Å². The van der Waals surface area contributed by atoms with E-state index < -0.39 is 6.05 Å². The van der Waals surface area contributed by atoms with Gasteiger partial charge in [0.1, 0.15) is 0 Å². The number of hydrogen-bond acceptors (Lipinski definition) is 2. The Balaban J connectivity index is 2.43. The topological polar surface area (TPSA) is 73.9 Å². The van der Waals surface area contributed by atoms with Crippen molar-refractivity contribution in [3.8, 4) is 0 Å². The maximum atomic E-state index is 13.8. The van der Waals surface area contributed by atoms with Gasteiger partial charge >= 0.3 is 6.05 Å². The zero-order valence-corrected chi connectivity index (χ0v) is 11.0. The van der Waals surface area contributed by atoms with Crippen LogP contribution in [0.3, 0.4) is 0 Å². The molecule has 0 bridgehead atoms. The van der Waals surface area contributed by atoms with Crippen LogP contribution in [0.4, 0.5) is 8.78 Å². The molecule has 0 aliphatic carbocycles. The average Bonchev–Trinajstić information content (AvgIpc) is 2.38. The predicted octanol–water partition coefficient (Wildman–Crippen LogP) is 1.76. The molecule has 0 unspecified atom stereocenters. The van der Waals surface area contributed by atoms with Crippen LogP contribution < -0.4 is 16.4 Å². The summed E-state index contributed by atoms with van der Waals surface area (Å²) >= 11 is 0. The molecule has 5 N–H and O–H groups in total. The molecule has 4 nitrogen and oxygen atoms in total. The summed E-state index contributed by atoms with van der Waals surface area (Å²) in [5.74, 6) is -0.151. The summed E-state index contributed by atoms with van der Waals surface area (Å²) in [6.07, 6.45) is 1.29. The van der Waals surface area contributed by atoms with E-state index in [9.17, 15) is 8.78 Å². The molecule has 0 aromatic heterocycles. The number of halogens is 2. The van der Waals surface area contributed by atoms with Gasteiger partial charge in [0.05, 0.1) is 0 Å². The zero-order chi connectivity index (χ0) is 14.3. The Hall–Kier alpha value is -1.69. The highest BCUT2D eigenvalue weighted by Gasteiger charge is 2.30. The van der Waals surface area contributed by atoms with E-state index in [1.807, 2.05) is 6.92 Å². The lowest BCUT2D eigenvalue weighted by atomic mass is 10.1. The molecule has 0 saturated heterocycles. The van der Waals surface area contributed by atoms with Crippen LogP contribution in [0.15, 0.2) is 24.3 Å². The molecule has 1 aromatic rings. The summed E-state index contributed by atoms with van der Waals surface area (Å²) < 4.78 is 27.6. The summed E-state index contributed by atoms with van der Waals surface area (Å²) in [5, 5.41) is 11.7. The van der Waals surface area contributed by atoms with Gasteiger partial charge in [0.25, 0.3) is 0 Å². The Morgan fingerprint density at radius 3 is 2.42 bits per heavy atom. The molecular weight excluding hydrogens is 250 g/mol. The van der Waals surface area contributed by atoms with Gasteiger partial charge in [0, 0.05) is 18.7 Å². The highest BCUT2D eigenvalue weighted by Crippen LogP contribution is 2.24. The summed E-state index contributed by atoms with van der Waals surface area (Å²) in [4.78, 5) is 0. The van der Waals surface area contributed by atoms with Crippen molar-refractivity contribution in [3.63, 3.8) is 0 Å². The van der Waals surface area contributed by atoms with Crippen molar-refractivity contribution in [2.45, 2.75) is 25.8 Å². The van der Waals surface area contributed by atoms with Gasteiger partial charge in [-0.2, -0.15) is 8.78 Å². The van der Waals surface area contributed by atoms with Gasteiger partial charge in [-0.15, -0.1) is 0 Å². The third kappa shape index (κ3) is 5.21. The SMILES string of the molecule is CCc1ccc(C(F)(F)NCCCNC(=N)N)cc1. The van der Waals surface area contributed by atoms with Crippen LogP contribution in [0.5, 0.6) is 0 Å². The molecule has 0 saturated carbocycles. The van der Waals surface area contributed by atoms with Gasteiger partial charge in [0.15, 0.2) is 5.96 Å². The molecule has 0 spiro atoms. The Morgan fingerprint density at radius 1 is 1.26 bits per heavy atom. The fourth-order valence-electron chi connectivity index (χ4n) is 1.61. The second-order valence-corrected chi connectivity index (χ2v) is 4.25. The fraction of sp³-hybridized carbons (Fsp3) is 0.462. The highest BCUT2D eigenvalue weighted by molar-refractivity contribution is 5.74. The minimum absolute atomic E-state index is 0.0378. The van der Waals surface area contributed by atoms with Gasteiger partial charge in [-0.1, -0.05) is 31.2 Å². The molecule has 106 valence electrons. The fourth-order valence-corrected chi connectivity index (χ4v) is 1.61. The van der Waals surface area contributed by atoms with Crippen LogP contribution in [-0.2, 0) is 12.5 Å². The van der Waals surface area contributed by atoms with Crippen LogP contribution >= 0.6 is 0 Å². The molecule has 19 heavy (non-hydrogen) atoms. The third-order valence-corrected chi connectivity index (χ3v) is 2.74. The molecule has 0 heterocycles. The van der Waals surface area contributed by atoms with Crippen LogP contribution in [-0.4, -0.2) is 19.0 Å². The number of hydrogen-bond donors (Lipinski definition) is 4. The van der Waals surface area contributed by atoms with E-state index >= 15 is 0 Å². The van der Waals surface area contributed by atoms with Crippen molar-refractivity contribution in [1.82, 2.24) is 10.6 Å². The number of rotatable bonds is 7. The van der Waals surface area contributed by atoms with E-state index in [-0.39, 0.29) is 18.1 Å². The summed E-state index contributed by atoms with van der Waals surface area (Å²) in [7, 11) is 0. The first kappa shape index (κ1) is 15.4. The first-order chi connectivity index (χ1) is 8.95. The molecule has 1 rings (SSSR count). The van der Waals surface area contributed by atoms with Crippen LogP contribution in [0.25, 0.3) is 0 Å². The molecular formula is C13H20F2N4. The molecule has 0 aliphatic rings. The van der Waals surface area contributed by atoms with Gasteiger partial charge in [-0.3, -0.25) is 10.7 Å². The molecule has 0 amide bonds. The van der Waals surface area contributed by atoms with Crippen molar-refractivity contribution < 1.29 is 8.78 Å². The van der Waals surface area contributed by atoms with Gasteiger partial charge < -0.3 is 11.1 Å². The summed E-state index contributed by atoms with van der Waals surface area (Å²) in [6, 6.07) is 3.27. The lowest BCUT2D eigenvalue weighted by molar-refractivity contribution is -0.0409. The number of nitrogens with two attached hydrogens (primary N) is 1. The molecule has 0 radical (unpaired) electrons. The van der Waals surface area contributed by atoms with Crippen molar-refractivity contribution in [2.24, 2.45) is 5.73 Å². The first-order valence-electron chi connectivity index (χ1n) is 6.26. The van der Waals surface area contributed by atoms with E-state index in [2.05, 4.69) is 10.6 Å². The second kappa shape index (κ2) is 7.04. The summed E-state index contributed by atoms with van der Waals surface area (Å²) in [5.41, 5.74) is 6.08. The Bertz CT molecular complexity index is 404. The van der Waals surface area contributed by atoms with E-state index in [0.29, 0.717) is 13.0 Å². The van der Waals surface area contributed by atoms with Gasteiger partial charge in [0.2, 0.25) is 0 Å². The smallest absolute Gasteiger partial charge is 0.329 e. The van der Waals surface area contributed by atoms with E-state index in [1.54, 1.807) is 12.1 Å². The number of nitrogens with one attached hydrogen (secondary N) is 3. The molecule has 1 aromatic carbocycles. The van der Waals surface area contributed by atoms with Crippen molar-refractivity contribution in [1.29, 1.82) is 5.41 Å². The maximum absolute atomic E-state index is 13.8. The average molecular weight is 270 g/mol. The minimum atomic E-state index is -3.04. The molecule has 6 heteroatoms. The van der Waals surface area contributed by atoms with E-state index in [4.69, 9.17) is 11.1 Å². The monoisotopic (exact) mass is 270 g/mol. The highest BCUT2D eigenvalue weighted by atomic mass is 19.3. The quantitative estimate of drug-likeness (QED) is 0.264. The second-order valence-electron chi connectivity index (χ2n) is 4.25. The maximum Gasteiger partial charge on any atom is 0.329 e. The molecule has 0 aliphatic heterocycles. The Labute approximate surface area is 111 Å². The van der Waals surface area contributed by atoms with Crippen molar-refractivity contribution in [2.75, 3.05) is 13.1 Å². The predicted molar refractivity (Wildman–Crippen MR) is 72.3 cm³/mol. The van der Waals surface area contributed by atoms with Crippen molar-refractivity contribution in [3.05, 3.63) is 35.4 Å². The normalized spacial score (nSPS) is 11.3. The minimum Gasteiger partial charge on any atom is -0.370 e. The number of aryl methyl sites for hydroxylation is 1. The zero-order valence-electron chi connectivity index (χ0n) is 11.0. The van der Waals surface area contributed by atoms with Crippen LogP contribution in [0.2, 0.25) is 0 Å². The first-order valence-corrected chi connectivity index (χ1v) is 6.26. The third-order valence-electron chi connectivity index (χ3n) is 2.74. The lowest BCUT2D eigenvalue weighted by Gasteiger charge is -2.18. The van der Waals surface area contributed by atoms with Crippen molar-refractivity contribution >= 4 is 5.96 Å². The van der Waals surface area contributed by atoms with Crippen LogP contribution in [0, 0.1) is 5.41 Å². The van der Waals surface area contributed by atoms with Gasteiger partial charge in [-0.25, -0.2) is 0 Å². The standard InChI is InChI=1S/C13H20F2N4/c1-2-10-4-6-11(7-5-10)13(14,15)19-9-3-8-18-12(16)17/h4-7,19H,2-3,8-9H2,1H3,(H4,16,17,18). The van der Waals surface area contributed by atoms with Gasteiger partial charge in [-0.05, 0) is 18.4 Å². The van der Waals surface area contributed by atoms with Crippen LogP contribution in [0.1, 0.15) is 24.5 Å². The number of benzene rings is 1. The Kier molecular flexibility index (Phi) is 5.69. The molecule has 0 atom stereocenters. The van der Waals surface area contributed by atoms with E-state index in [1.165, 1.54) is 12.1 Å². The Morgan fingerprint density at radius 2 is 1.89 bits per heavy atom. The summed E-state index contributed by atoms with van der Waals surface area (Å²) in [6.45, 7) is 2.52. The molecule has 0 fully saturated rings. The number of guanidine groups is 1.